The van der Waals surface area contributed by atoms with Gasteiger partial charge in [-0.25, -0.2) is 4.39 Å². The molecule has 0 spiro atoms. The second-order valence-electron chi connectivity index (χ2n) is 4.60. The molecular weight excluding hydrogens is 323 g/mol. The summed E-state index contributed by atoms with van der Waals surface area (Å²) in [5, 5.41) is 0. The maximum absolute atomic E-state index is 13.4. The fourth-order valence-electron chi connectivity index (χ4n) is 2.09. The number of methoxy groups -OCH3 is 1. The van der Waals surface area contributed by atoms with Gasteiger partial charge in [-0.15, -0.1) is 0 Å². The van der Waals surface area contributed by atoms with E-state index >= 15 is 0 Å². The molecule has 0 unspecified atom stereocenters. The zero-order valence-electron chi connectivity index (χ0n) is 11.5. The van der Waals surface area contributed by atoms with Gasteiger partial charge in [0.15, 0.2) is 5.78 Å². The summed E-state index contributed by atoms with van der Waals surface area (Å²) in [5.41, 5.74) is 2.67. The molecule has 0 aliphatic carbocycles. The second-order valence-corrected chi connectivity index (χ2v) is 5.39. The first kappa shape index (κ1) is 14.7. The van der Waals surface area contributed by atoms with Crippen LogP contribution < -0.4 is 4.74 Å². The van der Waals surface area contributed by atoms with Crippen molar-refractivity contribution in [1.29, 1.82) is 0 Å². The number of carbonyl (C=O) groups is 1. The number of ether oxygens (including phenoxy) is 1. The summed E-state index contributed by atoms with van der Waals surface area (Å²) >= 11 is 3.46. The number of hydrogen-bond donors (Lipinski definition) is 0. The molecule has 0 saturated heterocycles. The lowest BCUT2D eigenvalue weighted by Crippen LogP contribution is -2.05. The lowest BCUT2D eigenvalue weighted by Gasteiger charge is -2.10. The third kappa shape index (κ3) is 2.75. The quantitative estimate of drug-likeness (QED) is 0.774. The van der Waals surface area contributed by atoms with Gasteiger partial charge in [0.1, 0.15) is 11.6 Å². The van der Waals surface area contributed by atoms with E-state index < -0.39 is 5.82 Å². The average molecular weight is 337 g/mol. The number of halogens is 2. The minimum absolute atomic E-state index is 0.230. The maximum atomic E-state index is 13.4. The number of ketones is 1. The van der Waals surface area contributed by atoms with Crippen LogP contribution in [-0.2, 0) is 0 Å². The molecule has 0 amide bonds. The van der Waals surface area contributed by atoms with Gasteiger partial charge >= 0.3 is 0 Å². The monoisotopic (exact) mass is 336 g/mol. The maximum Gasteiger partial charge on any atom is 0.196 e. The van der Waals surface area contributed by atoms with E-state index in [1.165, 1.54) is 25.3 Å². The summed E-state index contributed by atoms with van der Waals surface area (Å²) in [5.74, 6) is -0.339. The highest BCUT2D eigenvalue weighted by Crippen LogP contribution is 2.27. The fourth-order valence-corrected chi connectivity index (χ4v) is 2.32. The summed E-state index contributed by atoms with van der Waals surface area (Å²) in [6.07, 6.45) is 0. The van der Waals surface area contributed by atoms with Crippen molar-refractivity contribution in [3.05, 3.63) is 62.9 Å². The zero-order valence-corrected chi connectivity index (χ0v) is 13.0. The van der Waals surface area contributed by atoms with Crippen LogP contribution in [0.1, 0.15) is 27.0 Å². The first-order valence-corrected chi connectivity index (χ1v) is 6.88. The summed E-state index contributed by atoms with van der Waals surface area (Å²) in [4.78, 5) is 12.5. The van der Waals surface area contributed by atoms with Gasteiger partial charge in [0.05, 0.1) is 12.7 Å². The standard InChI is InChI=1S/C16H14BrFO2/c1-9-6-11(7-10(2)15(9)17)16(19)13-8-12(18)4-5-14(13)20-3/h4-8H,1-3H3. The normalized spacial score (nSPS) is 10.4. The SMILES string of the molecule is COc1ccc(F)cc1C(=O)c1cc(C)c(Br)c(C)c1. The van der Waals surface area contributed by atoms with Crippen LogP contribution in [0.2, 0.25) is 0 Å². The van der Waals surface area contributed by atoms with Crippen LogP contribution in [-0.4, -0.2) is 12.9 Å². The van der Waals surface area contributed by atoms with E-state index in [0.29, 0.717) is 11.3 Å². The summed E-state index contributed by atoms with van der Waals surface area (Å²) < 4.78 is 19.5. The predicted molar refractivity (Wildman–Crippen MR) is 80.0 cm³/mol. The van der Waals surface area contributed by atoms with E-state index in [1.807, 2.05) is 13.8 Å². The molecule has 0 fully saturated rings. The molecule has 0 radical (unpaired) electrons. The van der Waals surface area contributed by atoms with Gasteiger partial charge in [0.25, 0.3) is 0 Å². The summed E-state index contributed by atoms with van der Waals surface area (Å²) in [7, 11) is 1.46. The third-order valence-electron chi connectivity index (χ3n) is 3.10. The Morgan fingerprint density at radius 3 is 2.30 bits per heavy atom. The highest BCUT2D eigenvalue weighted by Gasteiger charge is 2.17. The van der Waals surface area contributed by atoms with Crippen LogP contribution in [0, 0.1) is 19.7 Å². The van der Waals surface area contributed by atoms with Crippen molar-refractivity contribution in [1.82, 2.24) is 0 Å². The molecule has 0 atom stereocenters. The van der Waals surface area contributed by atoms with Crippen molar-refractivity contribution >= 4 is 21.7 Å². The molecule has 0 aliphatic heterocycles. The van der Waals surface area contributed by atoms with Crippen molar-refractivity contribution in [2.75, 3.05) is 7.11 Å². The molecule has 0 N–H and O–H groups in total. The van der Waals surface area contributed by atoms with Gasteiger partial charge in [0, 0.05) is 10.0 Å². The van der Waals surface area contributed by atoms with Crippen LogP contribution in [0.5, 0.6) is 5.75 Å². The van der Waals surface area contributed by atoms with E-state index in [1.54, 1.807) is 12.1 Å². The molecule has 0 bridgehead atoms. The van der Waals surface area contributed by atoms with Gasteiger partial charge in [-0.2, -0.15) is 0 Å². The molecule has 2 nitrogen and oxygen atoms in total. The summed E-state index contributed by atoms with van der Waals surface area (Å²) in [6.45, 7) is 3.83. The molecule has 0 heterocycles. The van der Waals surface area contributed by atoms with Crippen molar-refractivity contribution in [3.8, 4) is 5.75 Å². The molecule has 2 aromatic rings. The first-order valence-electron chi connectivity index (χ1n) is 6.09. The molecule has 0 aliphatic rings. The Morgan fingerprint density at radius 2 is 1.75 bits per heavy atom. The summed E-state index contributed by atoms with van der Waals surface area (Å²) in [6, 6.07) is 7.50. The van der Waals surface area contributed by atoms with Crippen molar-refractivity contribution in [2.45, 2.75) is 13.8 Å². The highest BCUT2D eigenvalue weighted by molar-refractivity contribution is 9.10. The molecule has 20 heavy (non-hydrogen) atoms. The van der Waals surface area contributed by atoms with Crippen molar-refractivity contribution in [3.63, 3.8) is 0 Å². The topological polar surface area (TPSA) is 26.3 Å². The zero-order chi connectivity index (χ0) is 14.9. The van der Waals surface area contributed by atoms with E-state index in [-0.39, 0.29) is 11.3 Å². The minimum Gasteiger partial charge on any atom is -0.496 e. The Hall–Kier alpha value is -1.68. The first-order chi connectivity index (χ1) is 9.43. The molecule has 0 saturated carbocycles. The minimum atomic E-state index is -0.459. The number of hydrogen-bond acceptors (Lipinski definition) is 2. The third-order valence-corrected chi connectivity index (χ3v) is 4.36. The Labute approximate surface area is 125 Å². The van der Waals surface area contributed by atoms with Crippen molar-refractivity contribution in [2.24, 2.45) is 0 Å². The van der Waals surface area contributed by atoms with E-state index in [4.69, 9.17) is 4.74 Å². The van der Waals surface area contributed by atoms with Crippen LogP contribution in [0.15, 0.2) is 34.8 Å². The predicted octanol–water partition coefficient (Wildman–Crippen LogP) is 4.44. The van der Waals surface area contributed by atoms with E-state index in [2.05, 4.69) is 15.9 Å². The van der Waals surface area contributed by atoms with Gasteiger partial charge in [-0.1, -0.05) is 15.9 Å². The number of carbonyl (C=O) groups excluding carboxylic acids is 1. The smallest absolute Gasteiger partial charge is 0.196 e. The lowest BCUT2D eigenvalue weighted by molar-refractivity contribution is 0.103. The van der Waals surface area contributed by atoms with Crippen LogP contribution in [0.3, 0.4) is 0 Å². The van der Waals surface area contributed by atoms with Gasteiger partial charge in [0.2, 0.25) is 0 Å². The molecule has 0 aromatic heterocycles. The van der Waals surface area contributed by atoms with Gasteiger partial charge in [-0.05, 0) is 55.3 Å². The molecular formula is C16H14BrFO2. The highest BCUT2D eigenvalue weighted by atomic mass is 79.9. The van der Waals surface area contributed by atoms with E-state index in [9.17, 15) is 9.18 Å². The molecule has 2 aromatic carbocycles. The fraction of sp³-hybridized carbons (Fsp3) is 0.188. The van der Waals surface area contributed by atoms with Crippen LogP contribution in [0.25, 0.3) is 0 Å². The number of rotatable bonds is 3. The van der Waals surface area contributed by atoms with Gasteiger partial charge in [-0.3, -0.25) is 4.79 Å². The molecule has 2 rings (SSSR count). The Bertz CT molecular complexity index is 657. The Balaban J connectivity index is 2.54. The largest absolute Gasteiger partial charge is 0.496 e. The van der Waals surface area contributed by atoms with E-state index in [0.717, 1.165) is 15.6 Å². The lowest BCUT2D eigenvalue weighted by atomic mass is 9.98. The van der Waals surface area contributed by atoms with Crippen molar-refractivity contribution < 1.29 is 13.9 Å². The number of benzene rings is 2. The number of aryl methyl sites for hydroxylation is 2. The van der Waals surface area contributed by atoms with Crippen LogP contribution in [0.4, 0.5) is 4.39 Å². The molecule has 4 heteroatoms. The van der Waals surface area contributed by atoms with Gasteiger partial charge < -0.3 is 4.74 Å². The Morgan fingerprint density at radius 1 is 1.15 bits per heavy atom. The average Bonchev–Trinajstić information content (AvgIpc) is 2.43. The molecule has 104 valence electrons. The van der Waals surface area contributed by atoms with Crippen LogP contribution >= 0.6 is 15.9 Å². The second kappa shape index (κ2) is 5.75. The Kier molecular flexibility index (Phi) is 4.23.